The summed E-state index contributed by atoms with van der Waals surface area (Å²) in [6.07, 6.45) is 2.73. The summed E-state index contributed by atoms with van der Waals surface area (Å²) in [6, 6.07) is 12.5. The maximum absolute atomic E-state index is 14.0. The Balaban J connectivity index is 1.05. The molecule has 16 nitrogen and oxygen atoms in total. The lowest BCUT2D eigenvalue weighted by Gasteiger charge is -2.32. The first-order valence-electron chi connectivity index (χ1n) is 21.4. The van der Waals surface area contributed by atoms with Crippen molar-refractivity contribution in [3.63, 3.8) is 0 Å². The van der Waals surface area contributed by atoms with Crippen molar-refractivity contribution in [2.24, 2.45) is 17.8 Å². The summed E-state index contributed by atoms with van der Waals surface area (Å²) in [6.45, 7) is 11.0. The molecular formula is C46H56N8O8. The lowest BCUT2D eigenvalue weighted by molar-refractivity contribution is -0.137. The van der Waals surface area contributed by atoms with Gasteiger partial charge in [-0.1, -0.05) is 45.9 Å². The molecule has 4 amide bonds. The maximum atomic E-state index is 14.0. The quantitative estimate of drug-likeness (QED) is 0.107. The number of aromatic nitrogens is 4. The van der Waals surface area contributed by atoms with Gasteiger partial charge in [-0.15, -0.1) is 0 Å². The zero-order chi connectivity index (χ0) is 44.0. The second-order valence-corrected chi connectivity index (χ2v) is 17.5. The number of hydrogen-bond acceptors (Lipinski definition) is 10. The highest BCUT2D eigenvalue weighted by Crippen LogP contribution is 2.44. The van der Waals surface area contributed by atoms with Crippen molar-refractivity contribution < 1.29 is 38.1 Å². The van der Waals surface area contributed by atoms with Gasteiger partial charge in [0.15, 0.2) is 0 Å². The van der Waals surface area contributed by atoms with E-state index in [1.54, 1.807) is 18.2 Å². The predicted octanol–water partition coefficient (Wildman–Crippen LogP) is 7.01. The average molecular weight is 849 g/mol. The van der Waals surface area contributed by atoms with E-state index in [1.807, 2.05) is 45.6 Å². The highest BCUT2D eigenvalue weighted by Gasteiger charge is 2.43. The van der Waals surface area contributed by atoms with Gasteiger partial charge in [0, 0.05) is 36.6 Å². The molecule has 6 atom stereocenters. The molecule has 5 aromatic rings. The van der Waals surface area contributed by atoms with Gasteiger partial charge >= 0.3 is 12.2 Å². The second-order valence-electron chi connectivity index (χ2n) is 17.5. The number of aromatic amines is 2. The monoisotopic (exact) mass is 848 g/mol. The summed E-state index contributed by atoms with van der Waals surface area (Å²) < 4.78 is 21.6. The van der Waals surface area contributed by atoms with Gasteiger partial charge in [0.25, 0.3) is 0 Å². The number of imidazole rings is 2. The van der Waals surface area contributed by atoms with Crippen molar-refractivity contribution >= 4 is 45.8 Å². The minimum atomic E-state index is -0.755. The fourth-order valence-corrected chi connectivity index (χ4v) is 9.43. The molecule has 8 rings (SSSR count). The molecule has 2 fully saturated rings. The molecule has 328 valence electrons. The molecule has 62 heavy (non-hydrogen) atoms. The second kappa shape index (κ2) is 17.3. The maximum Gasteiger partial charge on any atom is 0.407 e. The van der Waals surface area contributed by atoms with Crippen molar-refractivity contribution in [2.75, 3.05) is 34.5 Å². The lowest BCUT2D eigenvalue weighted by Crippen LogP contribution is -2.52. The molecule has 3 aromatic carbocycles. The first-order chi connectivity index (χ1) is 29.8. The molecule has 0 radical (unpaired) electrons. The Morgan fingerprint density at radius 2 is 1.58 bits per heavy atom. The number of amides is 4. The molecule has 5 heterocycles. The molecule has 2 unspecified atom stereocenters. The predicted molar refractivity (Wildman–Crippen MR) is 232 cm³/mol. The van der Waals surface area contributed by atoms with Crippen LogP contribution in [0.3, 0.4) is 0 Å². The van der Waals surface area contributed by atoms with E-state index in [2.05, 4.69) is 57.0 Å². The van der Waals surface area contributed by atoms with E-state index in [0.717, 1.165) is 68.3 Å². The van der Waals surface area contributed by atoms with Crippen LogP contribution >= 0.6 is 0 Å². The van der Waals surface area contributed by atoms with Gasteiger partial charge in [-0.05, 0) is 84.4 Å². The molecule has 3 aliphatic heterocycles. The number of nitrogens with zero attached hydrogens (tertiary/aromatic N) is 4. The van der Waals surface area contributed by atoms with Crippen LogP contribution in [0.15, 0.2) is 48.7 Å². The summed E-state index contributed by atoms with van der Waals surface area (Å²) in [4.78, 5) is 72.8. The Bertz CT molecular complexity index is 2510. The Labute approximate surface area is 360 Å². The summed E-state index contributed by atoms with van der Waals surface area (Å²) >= 11 is 0. The molecular weight excluding hydrogens is 793 g/mol. The van der Waals surface area contributed by atoms with Gasteiger partial charge in [-0.25, -0.2) is 19.6 Å². The van der Waals surface area contributed by atoms with Crippen molar-refractivity contribution in [1.29, 1.82) is 0 Å². The molecule has 16 heteroatoms. The first-order valence-corrected chi connectivity index (χ1v) is 21.4. The fourth-order valence-electron chi connectivity index (χ4n) is 9.43. The Hall–Kier alpha value is -6.16. The number of hydrogen-bond donors (Lipinski definition) is 4. The van der Waals surface area contributed by atoms with Crippen LogP contribution in [0.1, 0.15) is 83.2 Å². The fraction of sp³-hybridized carbons (Fsp3) is 0.478. The van der Waals surface area contributed by atoms with E-state index in [9.17, 15) is 19.2 Å². The standard InChI is InChI=1S/C46H56N8O8/c1-23(2)38(51-45(57)60-7)43(55)53-20-26(21-59-6)15-36(53)41-47-19-34(49-41)28-10-12-30-29(16-28)22-62-37-18-31-27(17-32(30)37)11-13-33-40(31)50-42(48-33)35-14-9-25(5)54(35)44(56)39(24(3)4)52-46(58)61-8/h10-13,16-19,23-26,35-36,38-39H,9,14-15,20-22H2,1-8H3,(H,47,49)(H,48,50)(H,51,57)(H,52,58)/t25-,26-,35-,36?,38-,39?/m0/s1. The van der Waals surface area contributed by atoms with Crippen LogP contribution < -0.4 is 15.4 Å². The minimum absolute atomic E-state index is 0.0301. The average Bonchev–Trinajstić information content (AvgIpc) is 4.09. The van der Waals surface area contributed by atoms with Crippen LogP contribution in [0.25, 0.3) is 44.2 Å². The number of carbonyl (C=O) groups excluding carboxylic acids is 4. The van der Waals surface area contributed by atoms with Gasteiger partial charge in [0.1, 0.15) is 36.1 Å². The number of benzene rings is 3. The van der Waals surface area contributed by atoms with Crippen molar-refractivity contribution in [2.45, 2.75) is 90.7 Å². The molecule has 0 spiro atoms. The van der Waals surface area contributed by atoms with Gasteiger partial charge in [-0.2, -0.15) is 0 Å². The molecule has 0 aliphatic carbocycles. The van der Waals surface area contributed by atoms with E-state index in [0.29, 0.717) is 37.8 Å². The van der Waals surface area contributed by atoms with Gasteiger partial charge in [-0.3, -0.25) is 9.59 Å². The highest BCUT2D eigenvalue weighted by atomic mass is 16.5. The number of rotatable bonds is 11. The number of alkyl carbamates (subject to hydrolysis) is 2. The topological polar surface area (TPSA) is 193 Å². The van der Waals surface area contributed by atoms with E-state index in [4.69, 9.17) is 28.9 Å². The molecule has 4 N–H and O–H groups in total. The molecule has 0 bridgehead atoms. The van der Waals surface area contributed by atoms with E-state index < -0.39 is 24.3 Å². The molecule has 3 aliphatic rings. The van der Waals surface area contributed by atoms with Crippen molar-refractivity contribution in [3.05, 3.63) is 65.9 Å². The zero-order valence-electron chi connectivity index (χ0n) is 36.5. The summed E-state index contributed by atoms with van der Waals surface area (Å²) in [5.41, 5.74) is 6.50. The van der Waals surface area contributed by atoms with Gasteiger partial charge in [0.2, 0.25) is 11.8 Å². The number of nitrogens with one attached hydrogen (secondary N) is 4. The number of H-pyrrole nitrogens is 2. The third-order valence-corrected chi connectivity index (χ3v) is 12.7. The highest BCUT2D eigenvalue weighted by molar-refractivity contribution is 6.07. The van der Waals surface area contributed by atoms with Crippen LogP contribution in [-0.4, -0.2) is 106 Å². The zero-order valence-corrected chi connectivity index (χ0v) is 36.5. The van der Waals surface area contributed by atoms with Crippen LogP contribution in [0.5, 0.6) is 5.75 Å². The normalized spacial score (nSPS) is 20.5. The SMILES string of the molecule is COC[C@H]1CC(c2ncc(-c3ccc4c(c3)COc3cc5c(ccc6[nH]c([C@@H]7CC[C@H](C)N7C(=O)C(NC(=O)OC)C(C)C)nc65)cc3-4)[nH]2)N(C(=O)[C@@H](NC(=O)OC)C(C)C)C1. The third-order valence-electron chi connectivity index (χ3n) is 12.7. The van der Waals surface area contributed by atoms with E-state index in [1.165, 1.54) is 14.2 Å². The smallest absolute Gasteiger partial charge is 0.407 e. The van der Waals surface area contributed by atoms with Crippen molar-refractivity contribution in [3.8, 4) is 28.1 Å². The number of carbonyl (C=O) groups is 4. The Morgan fingerprint density at radius 3 is 2.27 bits per heavy atom. The van der Waals surface area contributed by atoms with Crippen LogP contribution in [-0.2, 0) is 30.4 Å². The first kappa shape index (κ1) is 42.5. The minimum Gasteiger partial charge on any atom is -0.488 e. The number of methoxy groups -OCH3 is 3. The number of fused-ring (bicyclic) bond motifs is 6. The summed E-state index contributed by atoms with van der Waals surface area (Å²) in [5.74, 6) is 1.61. The van der Waals surface area contributed by atoms with Crippen molar-refractivity contribution in [1.82, 2.24) is 40.4 Å². The van der Waals surface area contributed by atoms with Crippen LogP contribution in [0.4, 0.5) is 9.59 Å². The molecule has 2 aromatic heterocycles. The summed E-state index contributed by atoms with van der Waals surface area (Å²) in [5, 5.41) is 7.41. The Kier molecular flexibility index (Phi) is 11.9. The number of likely N-dealkylation sites (tertiary alicyclic amines) is 2. The third kappa shape index (κ3) is 7.91. The van der Waals surface area contributed by atoms with E-state index in [-0.39, 0.29) is 47.7 Å². The van der Waals surface area contributed by atoms with Crippen LogP contribution in [0.2, 0.25) is 0 Å². The Morgan fingerprint density at radius 1 is 0.855 bits per heavy atom. The van der Waals surface area contributed by atoms with Gasteiger partial charge < -0.3 is 49.3 Å². The van der Waals surface area contributed by atoms with Crippen LogP contribution in [0, 0.1) is 17.8 Å². The number of ether oxygens (including phenoxy) is 4. The molecule has 2 saturated heterocycles. The molecule has 0 saturated carbocycles. The van der Waals surface area contributed by atoms with Gasteiger partial charge in [0.05, 0.1) is 55.8 Å². The largest absolute Gasteiger partial charge is 0.488 e. The lowest BCUT2D eigenvalue weighted by atomic mass is 9.92. The summed E-state index contributed by atoms with van der Waals surface area (Å²) in [7, 11) is 4.23. The van der Waals surface area contributed by atoms with E-state index >= 15 is 0 Å².